The van der Waals surface area contributed by atoms with E-state index < -0.39 is 12.0 Å². The van der Waals surface area contributed by atoms with Crippen LogP contribution in [0.3, 0.4) is 0 Å². The van der Waals surface area contributed by atoms with Crippen LogP contribution in [0.4, 0.5) is 0 Å². The van der Waals surface area contributed by atoms with Gasteiger partial charge in [-0.05, 0) is 19.3 Å². The van der Waals surface area contributed by atoms with Gasteiger partial charge in [-0.1, -0.05) is 25.5 Å². The number of carbonyl (C=O) groups is 1. The van der Waals surface area contributed by atoms with Crippen molar-refractivity contribution in [3.63, 3.8) is 0 Å². The normalized spacial score (nSPS) is 13.5. The SMILES string of the molecule is CCC/C=C\CC[C@H](N)C(=O)O. The Morgan fingerprint density at radius 3 is 2.58 bits per heavy atom. The summed E-state index contributed by atoms with van der Waals surface area (Å²) in [6.07, 6.45) is 7.52. The Bertz CT molecular complexity index is 155. The van der Waals surface area contributed by atoms with Crippen LogP contribution in [-0.4, -0.2) is 17.1 Å². The van der Waals surface area contributed by atoms with Crippen LogP contribution in [0.1, 0.15) is 32.6 Å². The molecule has 0 radical (unpaired) electrons. The van der Waals surface area contributed by atoms with E-state index in [4.69, 9.17) is 10.8 Å². The van der Waals surface area contributed by atoms with Gasteiger partial charge in [0.15, 0.2) is 0 Å². The number of unbranched alkanes of at least 4 members (excludes halogenated alkanes) is 1. The Kier molecular flexibility index (Phi) is 6.38. The summed E-state index contributed by atoms with van der Waals surface area (Å²) in [6.45, 7) is 2.10. The third kappa shape index (κ3) is 5.92. The summed E-state index contributed by atoms with van der Waals surface area (Å²) in [4.78, 5) is 10.3. The number of hydrogen-bond acceptors (Lipinski definition) is 2. The van der Waals surface area contributed by atoms with Gasteiger partial charge in [0, 0.05) is 0 Å². The predicted octanol–water partition coefficient (Wildman–Crippen LogP) is 1.53. The van der Waals surface area contributed by atoms with Gasteiger partial charge in [-0.25, -0.2) is 0 Å². The van der Waals surface area contributed by atoms with E-state index in [1.165, 1.54) is 0 Å². The van der Waals surface area contributed by atoms with Gasteiger partial charge in [0.2, 0.25) is 0 Å². The third-order valence-corrected chi connectivity index (χ3v) is 1.58. The van der Waals surface area contributed by atoms with Crippen molar-refractivity contribution >= 4 is 5.97 Å². The molecule has 70 valence electrons. The summed E-state index contributed by atoms with van der Waals surface area (Å²) in [7, 11) is 0. The van der Waals surface area contributed by atoms with Gasteiger partial charge < -0.3 is 10.8 Å². The Labute approximate surface area is 73.3 Å². The van der Waals surface area contributed by atoms with Gasteiger partial charge in [-0.15, -0.1) is 0 Å². The molecule has 0 heterocycles. The highest BCUT2D eigenvalue weighted by Crippen LogP contribution is 1.98. The van der Waals surface area contributed by atoms with Crippen LogP contribution in [-0.2, 0) is 4.79 Å². The molecule has 0 aromatic carbocycles. The zero-order valence-corrected chi connectivity index (χ0v) is 7.49. The Morgan fingerprint density at radius 2 is 2.08 bits per heavy atom. The highest BCUT2D eigenvalue weighted by Gasteiger charge is 2.08. The fourth-order valence-corrected chi connectivity index (χ4v) is 0.802. The number of carboxylic acids is 1. The number of carboxylic acid groups (broad SMARTS) is 1. The number of aliphatic carboxylic acids is 1. The molecule has 0 aliphatic heterocycles. The summed E-state index contributed by atoms with van der Waals surface area (Å²) in [5, 5.41) is 8.44. The highest BCUT2D eigenvalue weighted by atomic mass is 16.4. The molecule has 0 spiro atoms. The molecule has 0 aromatic heterocycles. The molecular formula is C9H17NO2. The largest absolute Gasteiger partial charge is 0.480 e. The lowest BCUT2D eigenvalue weighted by atomic mass is 10.1. The maximum Gasteiger partial charge on any atom is 0.320 e. The fraction of sp³-hybridized carbons (Fsp3) is 0.667. The Morgan fingerprint density at radius 1 is 1.50 bits per heavy atom. The van der Waals surface area contributed by atoms with E-state index in [-0.39, 0.29) is 0 Å². The van der Waals surface area contributed by atoms with E-state index in [2.05, 4.69) is 13.0 Å². The highest BCUT2D eigenvalue weighted by molar-refractivity contribution is 5.72. The lowest BCUT2D eigenvalue weighted by Gasteiger charge is -2.01. The maximum atomic E-state index is 10.3. The molecule has 0 aliphatic carbocycles. The van der Waals surface area contributed by atoms with Crippen LogP contribution in [0.15, 0.2) is 12.2 Å². The Balaban J connectivity index is 3.36. The van der Waals surface area contributed by atoms with Crippen LogP contribution in [0.25, 0.3) is 0 Å². The summed E-state index contributed by atoms with van der Waals surface area (Å²) in [6, 6.07) is -0.712. The first-order valence-electron chi connectivity index (χ1n) is 4.31. The van der Waals surface area contributed by atoms with Crippen molar-refractivity contribution in [2.75, 3.05) is 0 Å². The standard InChI is InChI=1S/C9H17NO2/c1-2-3-4-5-6-7-8(10)9(11)12/h4-5,8H,2-3,6-7,10H2,1H3,(H,11,12)/b5-4-/t8-/m0/s1. The monoisotopic (exact) mass is 171 g/mol. The minimum atomic E-state index is -0.918. The predicted molar refractivity (Wildman–Crippen MR) is 48.9 cm³/mol. The van der Waals surface area contributed by atoms with Crippen LogP contribution < -0.4 is 5.73 Å². The molecule has 0 aromatic rings. The van der Waals surface area contributed by atoms with Gasteiger partial charge in [-0.2, -0.15) is 0 Å². The molecule has 1 atom stereocenters. The van der Waals surface area contributed by atoms with Crippen molar-refractivity contribution in [2.45, 2.75) is 38.6 Å². The average Bonchev–Trinajstić information content (AvgIpc) is 2.03. The summed E-state index contributed by atoms with van der Waals surface area (Å²) in [5.41, 5.74) is 5.30. The average molecular weight is 171 g/mol. The van der Waals surface area contributed by atoms with Gasteiger partial charge in [0.1, 0.15) is 6.04 Å². The topological polar surface area (TPSA) is 63.3 Å². The van der Waals surface area contributed by atoms with Crippen LogP contribution in [0.5, 0.6) is 0 Å². The van der Waals surface area contributed by atoms with Crippen molar-refractivity contribution in [1.82, 2.24) is 0 Å². The van der Waals surface area contributed by atoms with Gasteiger partial charge in [0.25, 0.3) is 0 Å². The van der Waals surface area contributed by atoms with Crippen LogP contribution in [0, 0.1) is 0 Å². The Hall–Kier alpha value is -0.830. The van der Waals surface area contributed by atoms with E-state index in [0.29, 0.717) is 6.42 Å². The molecule has 12 heavy (non-hydrogen) atoms. The van der Waals surface area contributed by atoms with E-state index >= 15 is 0 Å². The summed E-state index contributed by atoms with van der Waals surface area (Å²) in [5.74, 6) is -0.918. The zero-order chi connectivity index (χ0) is 9.40. The van der Waals surface area contributed by atoms with Gasteiger partial charge in [0.05, 0.1) is 0 Å². The smallest absolute Gasteiger partial charge is 0.320 e. The molecule has 3 heteroatoms. The summed E-state index contributed by atoms with van der Waals surface area (Å²) >= 11 is 0. The van der Waals surface area contributed by atoms with E-state index in [0.717, 1.165) is 19.3 Å². The van der Waals surface area contributed by atoms with E-state index in [1.54, 1.807) is 0 Å². The molecule has 0 fully saturated rings. The van der Waals surface area contributed by atoms with Crippen molar-refractivity contribution in [3.8, 4) is 0 Å². The molecule has 0 aliphatic rings. The molecule has 0 rings (SSSR count). The fourth-order valence-electron chi connectivity index (χ4n) is 0.802. The number of rotatable bonds is 6. The second-order valence-electron chi connectivity index (χ2n) is 2.78. The number of allylic oxidation sites excluding steroid dienone is 2. The molecule has 0 saturated heterocycles. The van der Waals surface area contributed by atoms with E-state index in [1.807, 2.05) is 6.08 Å². The first-order valence-corrected chi connectivity index (χ1v) is 4.31. The molecule has 0 bridgehead atoms. The molecule has 0 saturated carbocycles. The second-order valence-corrected chi connectivity index (χ2v) is 2.78. The molecule has 0 unspecified atom stereocenters. The van der Waals surface area contributed by atoms with Gasteiger partial charge >= 0.3 is 5.97 Å². The quantitative estimate of drug-likeness (QED) is 0.596. The number of hydrogen-bond donors (Lipinski definition) is 2. The minimum Gasteiger partial charge on any atom is -0.480 e. The molecule has 3 N–H and O–H groups in total. The molecule has 3 nitrogen and oxygen atoms in total. The third-order valence-electron chi connectivity index (χ3n) is 1.58. The van der Waals surface area contributed by atoms with Crippen molar-refractivity contribution in [3.05, 3.63) is 12.2 Å². The summed E-state index contributed by atoms with van der Waals surface area (Å²) < 4.78 is 0. The van der Waals surface area contributed by atoms with Crippen LogP contribution in [0.2, 0.25) is 0 Å². The first-order chi connectivity index (χ1) is 5.68. The van der Waals surface area contributed by atoms with Crippen molar-refractivity contribution < 1.29 is 9.90 Å². The number of nitrogens with two attached hydrogens (primary N) is 1. The van der Waals surface area contributed by atoms with Crippen LogP contribution >= 0.6 is 0 Å². The zero-order valence-electron chi connectivity index (χ0n) is 7.49. The lowest BCUT2D eigenvalue weighted by molar-refractivity contribution is -0.138. The second kappa shape index (κ2) is 6.85. The minimum absolute atomic E-state index is 0.523. The first kappa shape index (κ1) is 11.2. The maximum absolute atomic E-state index is 10.3. The van der Waals surface area contributed by atoms with E-state index in [9.17, 15) is 4.79 Å². The lowest BCUT2D eigenvalue weighted by Crippen LogP contribution is -2.29. The van der Waals surface area contributed by atoms with Gasteiger partial charge in [-0.3, -0.25) is 4.79 Å². The van der Waals surface area contributed by atoms with Crippen molar-refractivity contribution in [2.24, 2.45) is 5.73 Å². The molecular weight excluding hydrogens is 154 g/mol. The molecule has 0 amide bonds. The van der Waals surface area contributed by atoms with Crippen molar-refractivity contribution in [1.29, 1.82) is 0 Å².